The fourth-order valence-corrected chi connectivity index (χ4v) is 2.01. The van der Waals surface area contributed by atoms with Crippen molar-refractivity contribution in [2.45, 2.75) is 45.2 Å². The highest BCUT2D eigenvalue weighted by Crippen LogP contribution is 2.28. The minimum absolute atomic E-state index is 0.583. The Kier molecular flexibility index (Phi) is 5.10. The van der Waals surface area contributed by atoms with Crippen molar-refractivity contribution in [3.63, 3.8) is 0 Å². The quantitative estimate of drug-likeness (QED) is 0.775. The molecule has 5 nitrogen and oxygen atoms in total. The number of nitrogens with one attached hydrogen (secondary N) is 1. The largest absolute Gasteiger partial charge is 0.369 e. The third kappa shape index (κ3) is 4.49. The van der Waals surface area contributed by atoms with Crippen LogP contribution in [-0.2, 0) is 6.54 Å². The summed E-state index contributed by atoms with van der Waals surface area (Å²) in [7, 11) is 0. The second-order valence-corrected chi connectivity index (χ2v) is 4.93. The van der Waals surface area contributed by atoms with Gasteiger partial charge in [0.1, 0.15) is 5.82 Å². The van der Waals surface area contributed by atoms with Crippen molar-refractivity contribution in [2.75, 3.05) is 18.4 Å². The first-order valence-corrected chi connectivity index (χ1v) is 6.99. The van der Waals surface area contributed by atoms with Crippen molar-refractivity contribution in [2.24, 2.45) is 0 Å². The van der Waals surface area contributed by atoms with Crippen LogP contribution >= 0.6 is 0 Å². The molecule has 0 amide bonds. The van der Waals surface area contributed by atoms with Crippen LogP contribution in [0.25, 0.3) is 0 Å². The fourth-order valence-electron chi connectivity index (χ4n) is 2.01. The van der Waals surface area contributed by atoms with Crippen molar-refractivity contribution >= 4 is 5.82 Å². The van der Waals surface area contributed by atoms with E-state index < -0.39 is 0 Å². The second kappa shape index (κ2) is 7.05. The highest BCUT2D eigenvalue weighted by molar-refractivity contribution is 5.30. The van der Waals surface area contributed by atoms with Crippen LogP contribution in [0.1, 0.15) is 38.3 Å². The first-order valence-electron chi connectivity index (χ1n) is 6.99. The van der Waals surface area contributed by atoms with E-state index in [-0.39, 0.29) is 0 Å². The minimum atomic E-state index is 0.583. The van der Waals surface area contributed by atoms with Crippen LogP contribution in [-0.4, -0.2) is 34.0 Å². The topological polar surface area (TPSA) is 64.8 Å². The average molecular weight is 259 g/mol. The van der Waals surface area contributed by atoms with Gasteiger partial charge in [-0.25, -0.2) is 4.98 Å². The Hall–Kier alpha value is -1.67. The summed E-state index contributed by atoms with van der Waals surface area (Å²) in [6.45, 7) is 4.67. The molecule has 0 bridgehead atoms. The van der Waals surface area contributed by atoms with Crippen LogP contribution < -0.4 is 5.32 Å². The molecular formula is C14H21N5. The summed E-state index contributed by atoms with van der Waals surface area (Å²) < 4.78 is 0. The number of anilines is 1. The van der Waals surface area contributed by atoms with Gasteiger partial charge in [0.25, 0.3) is 0 Å². The Morgan fingerprint density at radius 1 is 1.42 bits per heavy atom. The zero-order chi connectivity index (χ0) is 13.5. The smallest absolute Gasteiger partial charge is 0.144 e. The van der Waals surface area contributed by atoms with Crippen molar-refractivity contribution in [1.29, 1.82) is 5.26 Å². The highest BCUT2D eigenvalue weighted by atomic mass is 15.2. The van der Waals surface area contributed by atoms with Crippen molar-refractivity contribution in [1.82, 2.24) is 14.9 Å². The number of aromatic nitrogens is 2. The lowest BCUT2D eigenvalue weighted by atomic mass is 10.3. The molecule has 0 aliphatic heterocycles. The van der Waals surface area contributed by atoms with Gasteiger partial charge in [-0.3, -0.25) is 9.88 Å². The van der Waals surface area contributed by atoms with E-state index >= 15 is 0 Å². The number of nitrogens with zero attached hydrogens (tertiary/aromatic N) is 4. The van der Waals surface area contributed by atoms with Crippen LogP contribution in [0.2, 0.25) is 0 Å². The van der Waals surface area contributed by atoms with Gasteiger partial charge in [0, 0.05) is 32.1 Å². The molecule has 1 aromatic heterocycles. The fraction of sp³-hybridized carbons (Fsp3) is 0.643. The standard InChI is InChI=1S/C14H21N5/c1-2-7-16-14-10-17-12(9-18-14)11-19(8-3-6-15)13-4-5-13/h9-10,13H,2-5,7-8,11H2,1H3,(H,16,18). The zero-order valence-electron chi connectivity index (χ0n) is 11.5. The van der Waals surface area contributed by atoms with E-state index in [2.05, 4.69) is 33.2 Å². The predicted octanol–water partition coefficient (Wildman–Crippen LogP) is 2.18. The van der Waals surface area contributed by atoms with E-state index in [0.717, 1.165) is 37.6 Å². The molecular weight excluding hydrogens is 238 g/mol. The second-order valence-electron chi connectivity index (χ2n) is 4.93. The van der Waals surface area contributed by atoms with Crippen LogP contribution in [0.5, 0.6) is 0 Å². The molecule has 1 saturated carbocycles. The minimum Gasteiger partial charge on any atom is -0.369 e. The molecule has 1 aromatic rings. The molecule has 2 rings (SSSR count). The van der Waals surface area contributed by atoms with Gasteiger partial charge in [0.15, 0.2) is 0 Å². The molecule has 0 saturated heterocycles. The number of hydrogen-bond acceptors (Lipinski definition) is 5. The summed E-state index contributed by atoms with van der Waals surface area (Å²) in [6.07, 6.45) is 7.78. The molecule has 19 heavy (non-hydrogen) atoms. The summed E-state index contributed by atoms with van der Waals surface area (Å²) in [6, 6.07) is 2.86. The van der Waals surface area contributed by atoms with Gasteiger partial charge in [0.05, 0.1) is 24.2 Å². The Morgan fingerprint density at radius 2 is 2.26 bits per heavy atom. The van der Waals surface area contributed by atoms with Gasteiger partial charge in [-0.1, -0.05) is 6.92 Å². The maximum atomic E-state index is 8.69. The van der Waals surface area contributed by atoms with Crippen molar-refractivity contribution in [3.8, 4) is 6.07 Å². The molecule has 0 radical (unpaired) electrons. The van der Waals surface area contributed by atoms with Crippen LogP contribution in [0.15, 0.2) is 12.4 Å². The third-order valence-electron chi connectivity index (χ3n) is 3.20. The zero-order valence-corrected chi connectivity index (χ0v) is 11.5. The van der Waals surface area contributed by atoms with Gasteiger partial charge in [-0.2, -0.15) is 5.26 Å². The van der Waals surface area contributed by atoms with Gasteiger partial charge < -0.3 is 5.32 Å². The lowest BCUT2D eigenvalue weighted by Gasteiger charge is -2.19. The van der Waals surface area contributed by atoms with E-state index in [1.54, 1.807) is 6.20 Å². The number of nitriles is 1. The molecule has 1 fully saturated rings. The molecule has 1 aliphatic carbocycles. The van der Waals surface area contributed by atoms with E-state index in [1.165, 1.54) is 12.8 Å². The lowest BCUT2D eigenvalue weighted by Crippen LogP contribution is -2.27. The van der Waals surface area contributed by atoms with Crippen LogP contribution in [0.3, 0.4) is 0 Å². The molecule has 102 valence electrons. The van der Waals surface area contributed by atoms with Crippen LogP contribution in [0, 0.1) is 11.3 Å². The molecule has 0 aromatic carbocycles. The summed E-state index contributed by atoms with van der Waals surface area (Å²) in [5.74, 6) is 0.834. The van der Waals surface area contributed by atoms with Gasteiger partial charge in [-0.05, 0) is 19.3 Å². The summed E-state index contributed by atoms with van der Waals surface area (Å²) in [4.78, 5) is 11.1. The first kappa shape index (κ1) is 13.8. The Balaban J connectivity index is 1.88. The van der Waals surface area contributed by atoms with E-state index in [9.17, 15) is 0 Å². The van der Waals surface area contributed by atoms with Gasteiger partial charge in [0.2, 0.25) is 0 Å². The summed E-state index contributed by atoms with van der Waals surface area (Å²) in [5.41, 5.74) is 0.979. The number of hydrogen-bond donors (Lipinski definition) is 1. The van der Waals surface area contributed by atoms with Crippen molar-refractivity contribution < 1.29 is 0 Å². The summed E-state index contributed by atoms with van der Waals surface area (Å²) in [5, 5.41) is 11.9. The van der Waals surface area contributed by atoms with Crippen molar-refractivity contribution in [3.05, 3.63) is 18.1 Å². The highest BCUT2D eigenvalue weighted by Gasteiger charge is 2.28. The molecule has 0 atom stereocenters. The maximum absolute atomic E-state index is 8.69. The Bertz CT molecular complexity index is 418. The Labute approximate surface area is 114 Å². The molecule has 1 aliphatic rings. The average Bonchev–Trinajstić information content (AvgIpc) is 3.27. The predicted molar refractivity (Wildman–Crippen MR) is 74.5 cm³/mol. The van der Waals surface area contributed by atoms with Gasteiger partial charge >= 0.3 is 0 Å². The van der Waals surface area contributed by atoms with Gasteiger partial charge in [-0.15, -0.1) is 0 Å². The summed E-state index contributed by atoms with van der Waals surface area (Å²) >= 11 is 0. The first-order chi connectivity index (χ1) is 9.33. The molecule has 1 heterocycles. The molecule has 1 N–H and O–H groups in total. The molecule has 5 heteroatoms. The molecule has 0 unspecified atom stereocenters. The van der Waals surface area contributed by atoms with Crippen LogP contribution in [0.4, 0.5) is 5.82 Å². The normalized spacial score (nSPS) is 14.4. The monoisotopic (exact) mass is 259 g/mol. The van der Waals surface area contributed by atoms with E-state index in [4.69, 9.17) is 5.26 Å². The van der Waals surface area contributed by atoms with E-state index in [0.29, 0.717) is 12.5 Å². The third-order valence-corrected chi connectivity index (χ3v) is 3.20. The maximum Gasteiger partial charge on any atom is 0.144 e. The molecule has 0 spiro atoms. The number of rotatable bonds is 8. The SMILES string of the molecule is CCCNc1cnc(CN(CCC#N)C2CC2)cn1. The Morgan fingerprint density at radius 3 is 2.84 bits per heavy atom. The van der Waals surface area contributed by atoms with E-state index in [1.807, 2.05) is 6.20 Å². The lowest BCUT2D eigenvalue weighted by molar-refractivity contribution is 0.257.